The Balaban J connectivity index is 1.69. The van der Waals surface area contributed by atoms with Crippen molar-refractivity contribution in [3.8, 4) is 22.9 Å². The molecule has 0 radical (unpaired) electrons. The molecule has 2 amide bonds. The number of fused-ring (bicyclic) bond motifs is 2. The standard InChI is InChI=1S/C31H28N4O3/c1-31(2,3)34-29(36)28(21-12-10-19(17-32)11-13-21)35-18-25-27(30(35)37)26(20-8-6-5-7-9-20)23-16-22(38-4)14-15-24(23)33-25/h5-16,28H,18H2,1-4H3,(H,34,36). The van der Waals surface area contributed by atoms with Gasteiger partial charge in [-0.05, 0) is 62.2 Å². The summed E-state index contributed by atoms with van der Waals surface area (Å²) in [6, 6.07) is 23.3. The number of amides is 2. The molecule has 190 valence electrons. The summed E-state index contributed by atoms with van der Waals surface area (Å²) in [7, 11) is 1.60. The molecule has 2 heterocycles. The number of carbonyl (C=O) groups is 2. The summed E-state index contributed by atoms with van der Waals surface area (Å²) in [4.78, 5) is 34.3. The van der Waals surface area contributed by atoms with Gasteiger partial charge >= 0.3 is 0 Å². The fourth-order valence-electron chi connectivity index (χ4n) is 4.91. The van der Waals surface area contributed by atoms with Crippen LogP contribution >= 0.6 is 0 Å². The Morgan fingerprint density at radius 2 is 1.76 bits per heavy atom. The van der Waals surface area contributed by atoms with Gasteiger partial charge < -0.3 is 15.0 Å². The number of nitrogens with zero attached hydrogens (tertiary/aromatic N) is 3. The van der Waals surface area contributed by atoms with E-state index in [4.69, 9.17) is 9.72 Å². The predicted molar refractivity (Wildman–Crippen MR) is 145 cm³/mol. The molecule has 38 heavy (non-hydrogen) atoms. The molecule has 5 rings (SSSR count). The molecule has 0 bridgehead atoms. The maximum absolute atomic E-state index is 14.2. The van der Waals surface area contributed by atoms with Gasteiger partial charge in [0.15, 0.2) is 0 Å². The van der Waals surface area contributed by atoms with Crippen LogP contribution in [-0.4, -0.2) is 34.3 Å². The second-order valence-corrected chi connectivity index (χ2v) is 10.4. The molecule has 0 aliphatic carbocycles. The maximum Gasteiger partial charge on any atom is 0.257 e. The van der Waals surface area contributed by atoms with Gasteiger partial charge in [-0.3, -0.25) is 14.6 Å². The molecule has 1 unspecified atom stereocenters. The van der Waals surface area contributed by atoms with Gasteiger partial charge in [0, 0.05) is 16.5 Å². The zero-order valence-electron chi connectivity index (χ0n) is 21.8. The highest BCUT2D eigenvalue weighted by Crippen LogP contribution is 2.41. The van der Waals surface area contributed by atoms with E-state index in [2.05, 4.69) is 11.4 Å². The number of ether oxygens (including phenoxy) is 1. The number of carbonyl (C=O) groups excluding carboxylic acids is 2. The highest BCUT2D eigenvalue weighted by atomic mass is 16.5. The number of pyridine rings is 1. The second-order valence-electron chi connectivity index (χ2n) is 10.4. The number of rotatable bonds is 5. The van der Waals surface area contributed by atoms with Crippen LogP contribution in [0.25, 0.3) is 22.0 Å². The fourth-order valence-corrected chi connectivity index (χ4v) is 4.91. The van der Waals surface area contributed by atoms with Crippen LogP contribution in [0, 0.1) is 11.3 Å². The van der Waals surface area contributed by atoms with E-state index in [0.717, 1.165) is 22.0 Å². The molecule has 1 aliphatic rings. The Bertz CT molecular complexity index is 1580. The van der Waals surface area contributed by atoms with Crippen LogP contribution < -0.4 is 10.1 Å². The first-order chi connectivity index (χ1) is 18.2. The molecule has 7 heteroatoms. The minimum absolute atomic E-state index is 0.179. The Labute approximate surface area is 221 Å². The van der Waals surface area contributed by atoms with E-state index in [-0.39, 0.29) is 18.4 Å². The summed E-state index contributed by atoms with van der Waals surface area (Å²) in [5.41, 5.74) is 4.10. The number of nitrogens with one attached hydrogen (secondary N) is 1. The molecule has 0 saturated heterocycles. The van der Waals surface area contributed by atoms with E-state index in [0.29, 0.717) is 28.1 Å². The summed E-state index contributed by atoms with van der Waals surface area (Å²) in [5, 5.41) is 13.1. The van der Waals surface area contributed by atoms with Crippen LogP contribution in [0.15, 0.2) is 72.8 Å². The van der Waals surface area contributed by atoms with Gasteiger partial charge in [-0.1, -0.05) is 42.5 Å². The number of methoxy groups -OCH3 is 1. The van der Waals surface area contributed by atoms with Gasteiger partial charge in [0.2, 0.25) is 5.91 Å². The van der Waals surface area contributed by atoms with Gasteiger partial charge in [-0.15, -0.1) is 0 Å². The number of aromatic nitrogens is 1. The quantitative estimate of drug-likeness (QED) is 0.393. The molecule has 0 spiro atoms. The molecule has 7 nitrogen and oxygen atoms in total. The SMILES string of the molecule is COc1ccc2nc3c(c(-c4ccccc4)c2c1)C(=O)N(C(C(=O)NC(C)(C)C)c1ccc(C#N)cc1)C3. The summed E-state index contributed by atoms with van der Waals surface area (Å²) in [6.45, 7) is 5.88. The van der Waals surface area contributed by atoms with Crippen molar-refractivity contribution in [3.05, 3.63) is 95.2 Å². The first kappa shape index (κ1) is 25.0. The van der Waals surface area contributed by atoms with Gasteiger partial charge in [-0.25, -0.2) is 0 Å². The largest absolute Gasteiger partial charge is 0.497 e. The zero-order valence-corrected chi connectivity index (χ0v) is 21.8. The third-order valence-electron chi connectivity index (χ3n) is 6.54. The summed E-state index contributed by atoms with van der Waals surface area (Å²) in [6.07, 6.45) is 0. The van der Waals surface area contributed by atoms with Crippen molar-refractivity contribution < 1.29 is 14.3 Å². The monoisotopic (exact) mass is 504 g/mol. The topological polar surface area (TPSA) is 95.3 Å². The highest BCUT2D eigenvalue weighted by molar-refractivity contribution is 6.12. The Hall–Kier alpha value is -4.70. The molecule has 1 aliphatic heterocycles. The molecule has 0 fully saturated rings. The van der Waals surface area contributed by atoms with E-state index in [1.54, 1.807) is 36.3 Å². The normalized spacial score (nSPS) is 13.7. The van der Waals surface area contributed by atoms with Crippen LogP contribution in [0.2, 0.25) is 0 Å². The fraction of sp³-hybridized carbons (Fsp3) is 0.226. The first-order valence-corrected chi connectivity index (χ1v) is 12.4. The number of nitriles is 1. The van der Waals surface area contributed by atoms with E-state index in [9.17, 15) is 14.9 Å². The minimum atomic E-state index is -0.898. The molecule has 0 saturated carbocycles. The Morgan fingerprint density at radius 3 is 2.39 bits per heavy atom. The van der Waals surface area contributed by atoms with Crippen molar-refractivity contribution in [1.82, 2.24) is 15.2 Å². The van der Waals surface area contributed by atoms with Crippen LogP contribution in [-0.2, 0) is 11.3 Å². The molecule has 1 N–H and O–H groups in total. The van der Waals surface area contributed by atoms with Crippen molar-refractivity contribution in [3.63, 3.8) is 0 Å². The summed E-state index contributed by atoms with van der Waals surface area (Å²) >= 11 is 0. The lowest BCUT2D eigenvalue weighted by Gasteiger charge is -2.31. The summed E-state index contributed by atoms with van der Waals surface area (Å²) < 4.78 is 5.47. The lowest BCUT2D eigenvalue weighted by Crippen LogP contribution is -2.48. The summed E-state index contributed by atoms with van der Waals surface area (Å²) in [5.74, 6) is 0.101. The van der Waals surface area contributed by atoms with E-state index in [1.165, 1.54) is 0 Å². The highest BCUT2D eigenvalue weighted by Gasteiger charge is 2.41. The Kier molecular flexibility index (Phi) is 6.33. The van der Waals surface area contributed by atoms with E-state index < -0.39 is 11.6 Å². The van der Waals surface area contributed by atoms with Crippen LogP contribution in [0.4, 0.5) is 0 Å². The number of hydrogen-bond donors (Lipinski definition) is 1. The molecule has 1 aromatic heterocycles. The predicted octanol–water partition coefficient (Wildman–Crippen LogP) is 5.39. The average molecular weight is 505 g/mol. The smallest absolute Gasteiger partial charge is 0.257 e. The van der Waals surface area contributed by atoms with E-state index >= 15 is 0 Å². The lowest BCUT2D eigenvalue weighted by molar-refractivity contribution is -0.127. The average Bonchev–Trinajstić information content (AvgIpc) is 3.22. The van der Waals surface area contributed by atoms with Crippen molar-refractivity contribution >= 4 is 22.7 Å². The molecular weight excluding hydrogens is 476 g/mol. The zero-order chi connectivity index (χ0) is 27.0. The van der Waals surface area contributed by atoms with Crippen molar-refractivity contribution in [1.29, 1.82) is 5.26 Å². The number of benzene rings is 3. The molecule has 4 aromatic rings. The minimum Gasteiger partial charge on any atom is -0.497 e. The van der Waals surface area contributed by atoms with Crippen molar-refractivity contribution in [2.75, 3.05) is 7.11 Å². The van der Waals surface area contributed by atoms with Crippen LogP contribution in [0.3, 0.4) is 0 Å². The third kappa shape index (κ3) is 4.57. The third-order valence-corrected chi connectivity index (χ3v) is 6.54. The van der Waals surface area contributed by atoms with Gasteiger partial charge in [0.25, 0.3) is 5.91 Å². The van der Waals surface area contributed by atoms with Crippen molar-refractivity contribution in [2.24, 2.45) is 0 Å². The molecular formula is C31H28N4O3. The van der Waals surface area contributed by atoms with Crippen LogP contribution in [0.5, 0.6) is 5.75 Å². The number of hydrogen-bond acceptors (Lipinski definition) is 5. The van der Waals surface area contributed by atoms with Crippen molar-refractivity contribution in [2.45, 2.75) is 38.9 Å². The second kappa shape index (κ2) is 9.64. The Morgan fingerprint density at radius 1 is 1.05 bits per heavy atom. The lowest BCUT2D eigenvalue weighted by atomic mass is 9.94. The molecule has 3 aromatic carbocycles. The molecule has 1 atom stereocenters. The van der Waals surface area contributed by atoms with Crippen LogP contribution in [0.1, 0.15) is 54.0 Å². The van der Waals surface area contributed by atoms with Gasteiger partial charge in [0.1, 0.15) is 11.8 Å². The van der Waals surface area contributed by atoms with Gasteiger partial charge in [0.05, 0.1) is 42.1 Å². The first-order valence-electron chi connectivity index (χ1n) is 12.4. The van der Waals surface area contributed by atoms with Gasteiger partial charge in [-0.2, -0.15) is 5.26 Å². The maximum atomic E-state index is 14.2. The van der Waals surface area contributed by atoms with E-state index in [1.807, 2.05) is 69.3 Å².